The molecule has 6 heteroatoms. The summed E-state index contributed by atoms with van der Waals surface area (Å²) in [6.45, 7) is 5.76. The Hall–Kier alpha value is -3.15. The second-order valence-corrected chi connectivity index (χ2v) is 6.51. The molecule has 0 atom stereocenters. The van der Waals surface area contributed by atoms with Crippen LogP contribution in [0.5, 0.6) is 5.75 Å². The van der Waals surface area contributed by atoms with Crippen molar-refractivity contribution in [3.05, 3.63) is 65.1 Å². The van der Waals surface area contributed by atoms with Gasteiger partial charge in [0.15, 0.2) is 0 Å². The summed E-state index contributed by atoms with van der Waals surface area (Å²) in [6, 6.07) is 10.9. The zero-order chi connectivity index (χ0) is 18.8. The predicted octanol–water partition coefficient (Wildman–Crippen LogP) is 4.61. The number of aryl methyl sites for hydroxylation is 1. The highest BCUT2D eigenvalue weighted by molar-refractivity contribution is 6.04. The molecule has 0 radical (unpaired) electrons. The van der Waals surface area contributed by atoms with Gasteiger partial charge in [0.2, 0.25) is 0 Å². The van der Waals surface area contributed by atoms with Gasteiger partial charge in [-0.3, -0.25) is 9.89 Å². The summed E-state index contributed by atoms with van der Waals surface area (Å²) in [5, 5.41) is 19.7. The number of carbonyl (C=O) groups is 1. The first-order valence-corrected chi connectivity index (χ1v) is 8.31. The number of aromatic nitrogens is 2. The van der Waals surface area contributed by atoms with E-state index in [9.17, 15) is 14.3 Å². The van der Waals surface area contributed by atoms with E-state index in [0.717, 1.165) is 11.1 Å². The van der Waals surface area contributed by atoms with E-state index in [1.54, 1.807) is 30.3 Å². The molecule has 0 unspecified atom stereocenters. The first kappa shape index (κ1) is 17.7. The first-order valence-electron chi connectivity index (χ1n) is 8.31. The van der Waals surface area contributed by atoms with E-state index in [4.69, 9.17) is 0 Å². The fraction of sp³-hybridized carbons (Fsp3) is 0.200. The van der Waals surface area contributed by atoms with Gasteiger partial charge in [0.1, 0.15) is 17.3 Å². The molecule has 0 fully saturated rings. The number of hydrogen-bond donors (Lipinski definition) is 3. The molecular weight excluding hydrogens is 333 g/mol. The Kier molecular flexibility index (Phi) is 4.75. The summed E-state index contributed by atoms with van der Waals surface area (Å²) in [6.07, 6.45) is 0. The standard InChI is InChI=1S/C20H20FN3O2/c1-11(2)15-9-16(12(3)8-19(15)25)22-20(26)18-10-17(23-24-18)13-4-6-14(21)7-5-13/h4-11,25H,1-3H3,(H,22,26)(H,23,24). The zero-order valence-corrected chi connectivity index (χ0v) is 14.8. The molecule has 3 N–H and O–H groups in total. The molecule has 1 amide bonds. The molecule has 3 aromatic rings. The van der Waals surface area contributed by atoms with E-state index in [0.29, 0.717) is 22.6 Å². The molecule has 0 aliphatic heterocycles. The van der Waals surface area contributed by atoms with Crippen LogP contribution in [0.1, 0.15) is 41.4 Å². The van der Waals surface area contributed by atoms with Gasteiger partial charge in [-0.15, -0.1) is 0 Å². The lowest BCUT2D eigenvalue weighted by molar-refractivity contribution is 0.102. The number of phenols is 1. The minimum absolute atomic E-state index is 0.128. The molecule has 134 valence electrons. The number of hydrogen-bond acceptors (Lipinski definition) is 3. The second kappa shape index (κ2) is 7.00. The number of H-pyrrole nitrogens is 1. The minimum atomic E-state index is -0.339. The van der Waals surface area contributed by atoms with Gasteiger partial charge in [-0.05, 0) is 66.4 Å². The predicted molar refractivity (Wildman–Crippen MR) is 98.9 cm³/mol. The zero-order valence-electron chi connectivity index (χ0n) is 14.8. The number of rotatable bonds is 4. The van der Waals surface area contributed by atoms with E-state index in [2.05, 4.69) is 15.5 Å². The first-order chi connectivity index (χ1) is 12.3. The molecule has 1 aromatic heterocycles. The van der Waals surface area contributed by atoms with Crippen molar-refractivity contribution in [2.24, 2.45) is 0 Å². The van der Waals surface area contributed by atoms with Crippen LogP contribution in [0.25, 0.3) is 11.3 Å². The molecular formula is C20H20FN3O2. The summed E-state index contributed by atoms with van der Waals surface area (Å²) in [7, 11) is 0. The highest BCUT2D eigenvalue weighted by atomic mass is 19.1. The van der Waals surface area contributed by atoms with Gasteiger partial charge >= 0.3 is 0 Å². The average molecular weight is 353 g/mol. The Morgan fingerprint density at radius 2 is 1.88 bits per heavy atom. The number of benzene rings is 2. The number of nitrogens with zero attached hydrogens (tertiary/aromatic N) is 1. The summed E-state index contributed by atoms with van der Waals surface area (Å²) in [4.78, 5) is 12.5. The van der Waals surface area contributed by atoms with Crippen LogP contribution < -0.4 is 5.32 Å². The van der Waals surface area contributed by atoms with Crippen molar-refractivity contribution in [1.82, 2.24) is 10.2 Å². The summed E-state index contributed by atoms with van der Waals surface area (Å²) in [5.74, 6) is -0.320. The Bertz CT molecular complexity index is 946. The van der Waals surface area contributed by atoms with Crippen molar-refractivity contribution in [1.29, 1.82) is 0 Å². The van der Waals surface area contributed by atoms with Crippen LogP contribution in [0, 0.1) is 12.7 Å². The third-order valence-corrected chi connectivity index (χ3v) is 4.21. The number of aromatic hydroxyl groups is 1. The Morgan fingerprint density at radius 3 is 2.54 bits per heavy atom. The number of nitrogens with one attached hydrogen (secondary N) is 2. The molecule has 2 aromatic carbocycles. The summed E-state index contributed by atoms with van der Waals surface area (Å²) in [5.41, 5.74) is 3.73. The Labute approximate surface area is 150 Å². The topological polar surface area (TPSA) is 78.0 Å². The lowest BCUT2D eigenvalue weighted by atomic mass is 9.99. The van der Waals surface area contributed by atoms with Gasteiger partial charge in [-0.2, -0.15) is 5.10 Å². The van der Waals surface area contributed by atoms with Gasteiger partial charge in [-0.1, -0.05) is 13.8 Å². The van der Waals surface area contributed by atoms with Crippen LogP contribution in [-0.4, -0.2) is 21.2 Å². The van der Waals surface area contributed by atoms with Crippen LogP contribution in [0.15, 0.2) is 42.5 Å². The molecule has 0 bridgehead atoms. The monoisotopic (exact) mass is 353 g/mol. The van der Waals surface area contributed by atoms with E-state index < -0.39 is 0 Å². The summed E-state index contributed by atoms with van der Waals surface area (Å²) < 4.78 is 13.0. The second-order valence-electron chi connectivity index (χ2n) is 6.51. The molecule has 0 saturated heterocycles. The van der Waals surface area contributed by atoms with Crippen LogP contribution >= 0.6 is 0 Å². The minimum Gasteiger partial charge on any atom is -0.508 e. The molecule has 3 rings (SSSR count). The number of aromatic amines is 1. The fourth-order valence-corrected chi connectivity index (χ4v) is 2.70. The third-order valence-electron chi connectivity index (χ3n) is 4.21. The highest BCUT2D eigenvalue weighted by Crippen LogP contribution is 2.31. The molecule has 0 aliphatic carbocycles. The smallest absolute Gasteiger partial charge is 0.273 e. The third kappa shape index (κ3) is 3.59. The maximum Gasteiger partial charge on any atom is 0.273 e. The maximum absolute atomic E-state index is 13.0. The fourth-order valence-electron chi connectivity index (χ4n) is 2.70. The SMILES string of the molecule is Cc1cc(O)c(C(C)C)cc1NC(=O)c1cc(-c2ccc(F)cc2)n[nH]1. The normalized spacial score (nSPS) is 11.0. The van der Waals surface area contributed by atoms with Crippen molar-refractivity contribution in [2.45, 2.75) is 26.7 Å². The Morgan fingerprint density at radius 1 is 1.19 bits per heavy atom. The summed E-state index contributed by atoms with van der Waals surface area (Å²) >= 11 is 0. The molecule has 0 aliphatic rings. The average Bonchev–Trinajstić information content (AvgIpc) is 3.07. The van der Waals surface area contributed by atoms with Crippen molar-refractivity contribution in [3.8, 4) is 17.0 Å². The van der Waals surface area contributed by atoms with Gasteiger partial charge in [-0.25, -0.2) is 4.39 Å². The van der Waals surface area contributed by atoms with Crippen LogP contribution in [0.2, 0.25) is 0 Å². The number of anilines is 1. The van der Waals surface area contributed by atoms with Crippen LogP contribution in [0.3, 0.4) is 0 Å². The lowest BCUT2D eigenvalue weighted by Gasteiger charge is -2.14. The van der Waals surface area contributed by atoms with Gasteiger partial charge in [0.25, 0.3) is 5.91 Å². The van der Waals surface area contributed by atoms with Crippen molar-refractivity contribution in [2.75, 3.05) is 5.32 Å². The number of carbonyl (C=O) groups excluding carboxylic acids is 1. The van der Waals surface area contributed by atoms with E-state index in [1.807, 2.05) is 20.8 Å². The van der Waals surface area contributed by atoms with Crippen molar-refractivity contribution in [3.63, 3.8) is 0 Å². The van der Waals surface area contributed by atoms with E-state index >= 15 is 0 Å². The van der Waals surface area contributed by atoms with E-state index in [1.165, 1.54) is 12.1 Å². The number of phenolic OH excluding ortho intramolecular Hbond substituents is 1. The van der Waals surface area contributed by atoms with Crippen molar-refractivity contribution >= 4 is 11.6 Å². The maximum atomic E-state index is 13.0. The molecule has 0 spiro atoms. The quantitative estimate of drug-likeness (QED) is 0.600. The van der Waals surface area contributed by atoms with E-state index in [-0.39, 0.29) is 23.4 Å². The highest BCUT2D eigenvalue weighted by Gasteiger charge is 2.15. The number of amides is 1. The van der Waals surface area contributed by atoms with Gasteiger partial charge < -0.3 is 10.4 Å². The van der Waals surface area contributed by atoms with Gasteiger partial charge in [0.05, 0.1) is 5.69 Å². The lowest BCUT2D eigenvalue weighted by Crippen LogP contribution is -2.13. The molecule has 0 saturated carbocycles. The molecule has 5 nitrogen and oxygen atoms in total. The van der Waals surface area contributed by atoms with Crippen LogP contribution in [0.4, 0.5) is 10.1 Å². The molecule has 26 heavy (non-hydrogen) atoms. The largest absolute Gasteiger partial charge is 0.508 e. The number of halogens is 1. The van der Waals surface area contributed by atoms with Gasteiger partial charge in [0, 0.05) is 11.3 Å². The Balaban J connectivity index is 1.83. The van der Waals surface area contributed by atoms with Crippen LogP contribution in [-0.2, 0) is 0 Å². The van der Waals surface area contributed by atoms with Crippen molar-refractivity contribution < 1.29 is 14.3 Å². The molecule has 1 heterocycles.